The number of amides is 1. The van der Waals surface area contributed by atoms with E-state index in [-0.39, 0.29) is 11.9 Å². The molecule has 0 aromatic carbocycles. The smallest absolute Gasteiger partial charge is 0.234 e. The second-order valence-corrected chi connectivity index (χ2v) is 4.44. The van der Waals surface area contributed by atoms with Gasteiger partial charge in [-0.05, 0) is 17.9 Å². The first-order valence-corrected chi connectivity index (χ1v) is 6.30. The van der Waals surface area contributed by atoms with Crippen molar-refractivity contribution in [3.05, 3.63) is 35.0 Å². The third kappa shape index (κ3) is 4.16. The van der Waals surface area contributed by atoms with E-state index in [2.05, 4.69) is 30.2 Å². The number of hydrogen-bond acceptors (Lipinski definition) is 3. The molecule has 0 aliphatic rings. The monoisotopic (exact) mass is 238 g/mol. The normalized spacial score (nSPS) is 12.1. The van der Waals surface area contributed by atoms with Gasteiger partial charge in [-0.2, -0.15) is 0 Å². The molecule has 1 unspecified atom stereocenters. The van der Waals surface area contributed by atoms with Gasteiger partial charge in [0.15, 0.2) is 0 Å². The van der Waals surface area contributed by atoms with Crippen LogP contribution in [0.4, 0.5) is 0 Å². The van der Waals surface area contributed by atoms with Gasteiger partial charge >= 0.3 is 0 Å². The molecule has 1 aromatic heterocycles. The Morgan fingerprint density at radius 2 is 2.50 bits per heavy atom. The van der Waals surface area contributed by atoms with Gasteiger partial charge in [-0.3, -0.25) is 4.79 Å². The molecule has 88 valence electrons. The SMILES string of the molecule is C=CCNCC(=O)NC(CC)c1cccs1. The maximum atomic E-state index is 11.6. The molecule has 16 heavy (non-hydrogen) atoms. The summed E-state index contributed by atoms with van der Waals surface area (Å²) in [5.74, 6) is 0.0297. The van der Waals surface area contributed by atoms with Crippen molar-refractivity contribution in [2.24, 2.45) is 0 Å². The van der Waals surface area contributed by atoms with Gasteiger partial charge < -0.3 is 10.6 Å². The molecular weight excluding hydrogens is 220 g/mol. The minimum atomic E-state index is 0.0297. The number of nitrogens with one attached hydrogen (secondary N) is 2. The summed E-state index contributed by atoms with van der Waals surface area (Å²) in [6.45, 7) is 6.65. The molecule has 0 saturated carbocycles. The molecule has 0 aliphatic carbocycles. The Kier molecular flexibility index (Phi) is 5.82. The Bertz CT molecular complexity index is 322. The van der Waals surface area contributed by atoms with Crippen molar-refractivity contribution in [1.29, 1.82) is 0 Å². The lowest BCUT2D eigenvalue weighted by atomic mass is 10.2. The van der Waals surface area contributed by atoms with Gasteiger partial charge in [-0.15, -0.1) is 17.9 Å². The van der Waals surface area contributed by atoms with Gasteiger partial charge in [-0.25, -0.2) is 0 Å². The largest absolute Gasteiger partial charge is 0.347 e. The lowest BCUT2D eigenvalue weighted by Gasteiger charge is -2.15. The van der Waals surface area contributed by atoms with E-state index in [0.29, 0.717) is 13.1 Å². The third-order valence-electron chi connectivity index (χ3n) is 2.20. The van der Waals surface area contributed by atoms with E-state index < -0.39 is 0 Å². The predicted molar refractivity (Wildman–Crippen MR) is 68.6 cm³/mol. The third-order valence-corrected chi connectivity index (χ3v) is 3.19. The summed E-state index contributed by atoms with van der Waals surface area (Å²) in [5, 5.41) is 8.01. The predicted octanol–water partition coefficient (Wildman–Crippen LogP) is 2.09. The van der Waals surface area contributed by atoms with Gasteiger partial charge in [0.2, 0.25) is 5.91 Å². The highest BCUT2D eigenvalue weighted by Gasteiger charge is 2.12. The Balaban J connectivity index is 2.38. The van der Waals surface area contributed by atoms with Gasteiger partial charge in [0.1, 0.15) is 0 Å². The van der Waals surface area contributed by atoms with Crippen LogP contribution in [-0.4, -0.2) is 19.0 Å². The summed E-state index contributed by atoms with van der Waals surface area (Å²) in [4.78, 5) is 12.8. The fourth-order valence-corrected chi connectivity index (χ4v) is 2.26. The number of thiophene rings is 1. The van der Waals surface area contributed by atoms with Crippen LogP contribution in [0.2, 0.25) is 0 Å². The van der Waals surface area contributed by atoms with Crippen molar-refractivity contribution in [1.82, 2.24) is 10.6 Å². The standard InChI is InChI=1S/C12H18N2OS/c1-3-7-13-9-12(15)14-10(4-2)11-6-5-8-16-11/h3,5-6,8,10,13H,1,4,7,9H2,2H3,(H,14,15). The van der Waals surface area contributed by atoms with E-state index >= 15 is 0 Å². The average molecular weight is 238 g/mol. The van der Waals surface area contributed by atoms with Gasteiger partial charge in [0.05, 0.1) is 12.6 Å². The van der Waals surface area contributed by atoms with Gasteiger partial charge in [0, 0.05) is 11.4 Å². The van der Waals surface area contributed by atoms with E-state index in [1.807, 2.05) is 11.4 Å². The summed E-state index contributed by atoms with van der Waals surface area (Å²) in [6, 6.07) is 4.19. The number of rotatable bonds is 7. The second-order valence-electron chi connectivity index (χ2n) is 3.46. The van der Waals surface area contributed by atoms with Gasteiger partial charge in [0.25, 0.3) is 0 Å². The fraction of sp³-hybridized carbons (Fsp3) is 0.417. The molecule has 1 aromatic rings. The average Bonchev–Trinajstić information content (AvgIpc) is 2.79. The van der Waals surface area contributed by atoms with Crippen molar-refractivity contribution in [3.8, 4) is 0 Å². The molecule has 0 saturated heterocycles. The Labute approximate surface area is 101 Å². The molecule has 1 atom stereocenters. The zero-order valence-electron chi connectivity index (χ0n) is 9.53. The molecule has 1 heterocycles. The summed E-state index contributed by atoms with van der Waals surface area (Å²) in [5.41, 5.74) is 0. The first-order chi connectivity index (χ1) is 7.77. The molecule has 0 spiro atoms. The van der Waals surface area contributed by atoms with E-state index in [1.54, 1.807) is 17.4 Å². The molecule has 3 nitrogen and oxygen atoms in total. The Hall–Kier alpha value is -1.13. The summed E-state index contributed by atoms with van der Waals surface area (Å²) < 4.78 is 0. The Morgan fingerprint density at radius 1 is 1.69 bits per heavy atom. The quantitative estimate of drug-likeness (QED) is 0.564. The van der Waals surface area contributed by atoms with Crippen LogP contribution in [0.15, 0.2) is 30.2 Å². The highest BCUT2D eigenvalue weighted by Crippen LogP contribution is 2.21. The summed E-state index contributed by atoms with van der Waals surface area (Å²) in [7, 11) is 0. The van der Waals surface area contributed by atoms with E-state index in [4.69, 9.17) is 0 Å². The molecular formula is C12H18N2OS. The van der Waals surface area contributed by atoms with Crippen LogP contribution in [0.25, 0.3) is 0 Å². The molecule has 2 N–H and O–H groups in total. The van der Waals surface area contributed by atoms with E-state index in [1.165, 1.54) is 4.88 Å². The van der Waals surface area contributed by atoms with Crippen molar-refractivity contribution < 1.29 is 4.79 Å². The van der Waals surface area contributed by atoms with Crippen LogP contribution in [0.5, 0.6) is 0 Å². The maximum absolute atomic E-state index is 11.6. The first kappa shape index (κ1) is 12.9. The number of hydrogen-bond donors (Lipinski definition) is 2. The fourth-order valence-electron chi connectivity index (χ4n) is 1.40. The molecule has 0 aliphatic heterocycles. The number of carbonyl (C=O) groups is 1. The molecule has 0 fully saturated rings. The minimum Gasteiger partial charge on any atom is -0.347 e. The second kappa shape index (κ2) is 7.19. The van der Waals surface area contributed by atoms with Crippen molar-refractivity contribution in [2.75, 3.05) is 13.1 Å². The highest BCUT2D eigenvalue weighted by atomic mass is 32.1. The topological polar surface area (TPSA) is 41.1 Å². The lowest BCUT2D eigenvalue weighted by molar-refractivity contribution is -0.120. The molecule has 0 bridgehead atoms. The van der Waals surface area contributed by atoms with Gasteiger partial charge in [-0.1, -0.05) is 19.1 Å². The van der Waals surface area contributed by atoms with E-state index in [0.717, 1.165) is 6.42 Å². The van der Waals surface area contributed by atoms with Crippen LogP contribution < -0.4 is 10.6 Å². The molecule has 4 heteroatoms. The minimum absolute atomic E-state index is 0.0297. The van der Waals surface area contributed by atoms with E-state index in [9.17, 15) is 4.79 Å². The zero-order chi connectivity index (χ0) is 11.8. The van der Waals surface area contributed by atoms with Crippen LogP contribution in [-0.2, 0) is 4.79 Å². The summed E-state index contributed by atoms with van der Waals surface area (Å²) in [6.07, 6.45) is 2.65. The van der Waals surface area contributed by atoms with Crippen LogP contribution in [0.1, 0.15) is 24.3 Å². The van der Waals surface area contributed by atoms with Crippen LogP contribution in [0, 0.1) is 0 Å². The molecule has 1 rings (SSSR count). The highest BCUT2D eigenvalue weighted by molar-refractivity contribution is 7.10. The number of carbonyl (C=O) groups excluding carboxylic acids is 1. The zero-order valence-corrected chi connectivity index (χ0v) is 10.3. The van der Waals surface area contributed by atoms with Crippen LogP contribution >= 0.6 is 11.3 Å². The van der Waals surface area contributed by atoms with Crippen molar-refractivity contribution in [3.63, 3.8) is 0 Å². The first-order valence-electron chi connectivity index (χ1n) is 5.42. The lowest BCUT2D eigenvalue weighted by Crippen LogP contribution is -2.35. The summed E-state index contributed by atoms with van der Waals surface area (Å²) >= 11 is 1.67. The van der Waals surface area contributed by atoms with Crippen LogP contribution in [0.3, 0.4) is 0 Å². The molecule has 1 amide bonds. The van der Waals surface area contributed by atoms with Crippen molar-refractivity contribution in [2.45, 2.75) is 19.4 Å². The Morgan fingerprint density at radius 3 is 3.06 bits per heavy atom. The maximum Gasteiger partial charge on any atom is 0.234 e. The molecule has 0 radical (unpaired) electrons. The van der Waals surface area contributed by atoms with Crippen molar-refractivity contribution >= 4 is 17.2 Å².